The molecule has 0 saturated carbocycles. The van der Waals surface area contributed by atoms with Crippen LogP contribution in [0.4, 0.5) is 4.39 Å². The minimum atomic E-state index is -0.238. The number of hydrogen-bond donors (Lipinski definition) is 0. The Bertz CT molecular complexity index is 833. The third-order valence-corrected chi connectivity index (χ3v) is 4.19. The molecule has 3 rings (SSSR count). The van der Waals surface area contributed by atoms with Crippen LogP contribution in [0.25, 0.3) is 11.4 Å². The quantitative estimate of drug-likeness (QED) is 0.676. The second kappa shape index (κ2) is 7.44. The molecule has 0 radical (unpaired) electrons. The zero-order valence-corrected chi connectivity index (χ0v) is 14.4. The summed E-state index contributed by atoms with van der Waals surface area (Å²) in [6.07, 6.45) is 0. The van der Waals surface area contributed by atoms with Gasteiger partial charge in [0.25, 0.3) is 0 Å². The predicted octanol–water partition coefficient (Wildman–Crippen LogP) is 4.08. The fourth-order valence-electron chi connectivity index (χ4n) is 2.54. The second-order valence-corrected chi connectivity index (χ2v) is 5.89. The van der Waals surface area contributed by atoms with Crippen LogP contribution in [0.2, 0.25) is 0 Å². The van der Waals surface area contributed by atoms with Gasteiger partial charge in [-0.1, -0.05) is 29.4 Å². The van der Waals surface area contributed by atoms with Crippen molar-refractivity contribution < 1.29 is 13.7 Å². The van der Waals surface area contributed by atoms with Crippen LogP contribution in [0.15, 0.2) is 53.1 Å². The van der Waals surface area contributed by atoms with Crippen molar-refractivity contribution in [3.63, 3.8) is 0 Å². The number of ether oxygens (including phenoxy) is 1. The van der Waals surface area contributed by atoms with Gasteiger partial charge in [-0.05, 0) is 43.8 Å². The summed E-state index contributed by atoms with van der Waals surface area (Å²) in [7, 11) is 3.58. The van der Waals surface area contributed by atoms with Crippen molar-refractivity contribution in [3.8, 4) is 17.1 Å². The molecular weight excluding hydrogens is 321 g/mol. The molecule has 1 atom stereocenters. The summed E-state index contributed by atoms with van der Waals surface area (Å²) in [5, 5.41) is 4.04. The number of methoxy groups -OCH3 is 1. The molecule has 1 aromatic heterocycles. The van der Waals surface area contributed by atoms with Crippen molar-refractivity contribution in [3.05, 3.63) is 65.8 Å². The van der Waals surface area contributed by atoms with Crippen LogP contribution in [0.3, 0.4) is 0 Å². The number of nitrogens with zero attached hydrogens (tertiary/aromatic N) is 3. The zero-order valence-electron chi connectivity index (χ0n) is 14.4. The van der Waals surface area contributed by atoms with E-state index < -0.39 is 0 Å². The summed E-state index contributed by atoms with van der Waals surface area (Å²) in [6.45, 7) is 2.54. The molecule has 5 nitrogen and oxygen atoms in total. The lowest BCUT2D eigenvalue weighted by Gasteiger charge is -2.23. The van der Waals surface area contributed by atoms with Crippen molar-refractivity contribution in [2.24, 2.45) is 0 Å². The number of aromatic nitrogens is 2. The van der Waals surface area contributed by atoms with Gasteiger partial charge in [-0.15, -0.1) is 0 Å². The van der Waals surface area contributed by atoms with E-state index in [1.54, 1.807) is 19.2 Å². The Balaban J connectivity index is 1.71. The standard InChI is InChI=1S/C19H20FN3O2/c1-13(14-7-9-16(20)10-8-14)23(2)12-18-21-19(22-25-18)15-5-4-6-17(11-15)24-3/h4-11,13H,12H2,1-3H3. The van der Waals surface area contributed by atoms with Gasteiger partial charge < -0.3 is 9.26 Å². The van der Waals surface area contributed by atoms with Crippen LogP contribution in [0.5, 0.6) is 5.75 Å². The number of rotatable bonds is 6. The third-order valence-electron chi connectivity index (χ3n) is 4.19. The van der Waals surface area contributed by atoms with Gasteiger partial charge in [0.2, 0.25) is 11.7 Å². The largest absolute Gasteiger partial charge is 0.497 e. The van der Waals surface area contributed by atoms with Crippen molar-refractivity contribution >= 4 is 0 Å². The molecule has 130 valence electrons. The van der Waals surface area contributed by atoms with E-state index in [4.69, 9.17) is 9.26 Å². The molecule has 2 aromatic carbocycles. The fourth-order valence-corrected chi connectivity index (χ4v) is 2.54. The first-order chi connectivity index (χ1) is 12.1. The van der Waals surface area contributed by atoms with Crippen molar-refractivity contribution in [1.29, 1.82) is 0 Å². The third kappa shape index (κ3) is 4.03. The van der Waals surface area contributed by atoms with E-state index in [1.165, 1.54) is 12.1 Å². The van der Waals surface area contributed by atoms with Crippen LogP contribution in [-0.4, -0.2) is 29.2 Å². The highest BCUT2D eigenvalue weighted by Gasteiger charge is 2.16. The van der Waals surface area contributed by atoms with Gasteiger partial charge in [0, 0.05) is 11.6 Å². The minimum Gasteiger partial charge on any atom is -0.497 e. The maximum atomic E-state index is 13.1. The van der Waals surface area contributed by atoms with Crippen molar-refractivity contribution in [2.45, 2.75) is 19.5 Å². The number of halogens is 1. The van der Waals surface area contributed by atoms with E-state index in [9.17, 15) is 4.39 Å². The molecule has 0 N–H and O–H groups in total. The van der Waals surface area contributed by atoms with Crippen molar-refractivity contribution in [1.82, 2.24) is 15.0 Å². The van der Waals surface area contributed by atoms with Gasteiger partial charge in [-0.3, -0.25) is 4.90 Å². The molecule has 0 aliphatic carbocycles. The maximum Gasteiger partial charge on any atom is 0.241 e. The maximum absolute atomic E-state index is 13.1. The molecule has 3 aromatic rings. The first-order valence-corrected chi connectivity index (χ1v) is 7.99. The Labute approximate surface area is 146 Å². The van der Waals surface area contributed by atoms with E-state index in [2.05, 4.69) is 15.0 Å². The van der Waals surface area contributed by atoms with Gasteiger partial charge in [0.05, 0.1) is 13.7 Å². The summed E-state index contributed by atoms with van der Waals surface area (Å²) in [6, 6.07) is 14.1. The smallest absolute Gasteiger partial charge is 0.241 e. The normalized spacial score (nSPS) is 12.4. The van der Waals surface area contributed by atoms with E-state index in [-0.39, 0.29) is 11.9 Å². The Morgan fingerprint density at radius 3 is 2.68 bits per heavy atom. The number of hydrogen-bond acceptors (Lipinski definition) is 5. The summed E-state index contributed by atoms with van der Waals surface area (Å²) in [4.78, 5) is 6.52. The first-order valence-electron chi connectivity index (χ1n) is 7.99. The number of benzene rings is 2. The second-order valence-electron chi connectivity index (χ2n) is 5.89. The molecular formula is C19H20FN3O2. The summed E-state index contributed by atoms with van der Waals surface area (Å²) >= 11 is 0. The highest BCUT2D eigenvalue weighted by molar-refractivity contribution is 5.56. The molecule has 0 aliphatic rings. The average molecular weight is 341 g/mol. The van der Waals surface area contributed by atoms with Gasteiger partial charge in [0.15, 0.2) is 0 Å². The lowest BCUT2D eigenvalue weighted by molar-refractivity contribution is 0.216. The SMILES string of the molecule is COc1cccc(-c2noc(CN(C)C(C)c3ccc(F)cc3)n2)c1. The Morgan fingerprint density at radius 1 is 1.20 bits per heavy atom. The molecule has 0 aliphatic heterocycles. The van der Waals surface area contributed by atoms with Gasteiger partial charge in [0.1, 0.15) is 11.6 Å². The van der Waals surface area contributed by atoms with E-state index in [0.717, 1.165) is 16.9 Å². The summed E-state index contributed by atoms with van der Waals surface area (Å²) in [5.74, 6) is 1.55. The fraction of sp³-hybridized carbons (Fsp3) is 0.263. The summed E-state index contributed by atoms with van der Waals surface area (Å²) < 4.78 is 23.6. The Kier molecular flexibility index (Phi) is 5.09. The zero-order chi connectivity index (χ0) is 17.8. The Hall–Kier alpha value is -2.73. The van der Waals surface area contributed by atoms with Crippen LogP contribution in [0.1, 0.15) is 24.4 Å². The molecule has 0 fully saturated rings. The van der Waals surface area contributed by atoms with Crippen LogP contribution in [0, 0.1) is 5.82 Å². The van der Waals surface area contributed by atoms with Crippen molar-refractivity contribution in [2.75, 3.05) is 14.2 Å². The molecule has 0 bridgehead atoms. The highest BCUT2D eigenvalue weighted by atomic mass is 19.1. The topological polar surface area (TPSA) is 51.4 Å². The monoisotopic (exact) mass is 341 g/mol. The predicted molar refractivity (Wildman–Crippen MR) is 92.6 cm³/mol. The molecule has 0 amide bonds. The van der Waals surface area contributed by atoms with Gasteiger partial charge >= 0.3 is 0 Å². The van der Waals surface area contributed by atoms with Gasteiger partial charge in [-0.25, -0.2) is 4.39 Å². The van der Waals surface area contributed by atoms with Crippen LogP contribution >= 0.6 is 0 Å². The molecule has 1 heterocycles. The molecule has 1 unspecified atom stereocenters. The first kappa shape index (κ1) is 17.1. The minimum absolute atomic E-state index is 0.0905. The van der Waals surface area contributed by atoms with Crippen LogP contribution in [-0.2, 0) is 6.54 Å². The molecule has 0 saturated heterocycles. The molecule has 6 heteroatoms. The summed E-state index contributed by atoms with van der Waals surface area (Å²) in [5.41, 5.74) is 1.86. The van der Waals surface area contributed by atoms with Gasteiger partial charge in [-0.2, -0.15) is 4.98 Å². The van der Waals surface area contributed by atoms with E-state index >= 15 is 0 Å². The van der Waals surface area contributed by atoms with E-state index in [0.29, 0.717) is 18.3 Å². The lowest BCUT2D eigenvalue weighted by Crippen LogP contribution is -2.22. The molecule has 0 spiro atoms. The van der Waals surface area contributed by atoms with E-state index in [1.807, 2.05) is 38.2 Å². The average Bonchev–Trinajstić information content (AvgIpc) is 3.10. The Morgan fingerprint density at radius 2 is 1.96 bits per heavy atom. The van der Waals surface area contributed by atoms with Crippen LogP contribution < -0.4 is 4.74 Å². The highest BCUT2D eigenvalue weighted by Crippen LogP contribution is 2.23. The molecule has 25 heavy (non-hydrogen) atoms. The lowest BCUT2D eigenvalue weighted by atomic mass is 10.1.